The first-order valence-corrected chi connectivity index (χ1v) is 8.48. The predicted octanol–water partition coefficient (Wildman–Crippen LogP) is 3.99. The second kappa shape index (κ2) is 7.25. The SMILES string of the molecule is CNCCC1CCN(Cc2cc(Br)c(Cl)s2)CC1. The number of hydrogen-bond donors (Lipinski definition) is 1. The highest BCUT2D eigenvalue weighted by Gasteiger charge is 2.19. The number of piperidine rings is 1. The van der Waals surface area contributed by atoms with Gasteiger partial charge in [-0.2, -0.15) is 0 Å². The Bertz CT molecular complexity index is 356. The van der Waals surface area contributed by atoms with Gasteiger partial charge >= 0.3 is 0 Å². The van der Waals surface area contributed by atoms with Gasteiger partial charge in [0.2, 0.25) is 0 Å². The van der Waals surface area contributed by atoms with Crippen molar-refractivity contribution in [3.05, 3.63) is 19.8 Å². The Morgan fingerprint density at radius 3 is 2.78 bits per heavy atom. The number of halogens is 2. The minimum absolute atomic E-state index is 0.869. The lowest BCUT2D eigenvalue weighted by Gasteiger charge is -2.31. The molecular weight excluding hydrogens is 332 g/mol. The van der Waals surface area contributed by atoms with E-state index >= 15 is 0 Å². The van der Waals surface area contributed by atoms with E-state index in [-0.39, 0.29) is 0 Å². The molecule has 0 radical (unpaired) electrons. The Balaban J connectivity index is 1.76. The Morgan fingerprint density at radius 2 is 2.22 bits per heavy atom. The number of likely N-dealkylation sites (tertiary alicyclic amines) is 1. The van der Waals surface area contributed by atoms with E-state index in [0.29, 0.717) is 0 Å². The molecule has 18 heavy (non-hydrogen) atoms. The van der Waals surface area contributed by atoms with Crippen LogP contribution >= 0.6 is 38.9 Å². The van der Waals surface area contributed by atoms with Crippen LogP contribution in [0.25, 0.3) is 0 Å². The minimum Gasteiger partial charge on any atom is -0.320 e. The van der Waals surface area contributed by atoms with E-state index in [0.717, 1.165) is 27.8 Å². The topological polar surface area (TPSA) is 15.3 Å². The summed E-state index contributed by atoms with van der Waals surface area (Å²) in [5.41, 5.74) is 0. The largest absolute Gasteiger partial charge is 0.320 e. The molecule has 2 nitrogen and oxygen atoms in total. The first-order valence-electron chi connectivity index (χ1n) is 6.49. The van der Waals surface area contributed by atoms with Crippen LogP contribution in [0.5, 0.6) is 0 Å². The van der Waals surface area contributed by atoms with Gasteiger partial charge in [0, 0.05) is 15.9 Å². The molecule has 0 atom stereocenters. The fourth-order valence-corrected chi connectivity index (χ4v) is 4.30. The molecule has 1 saturated heterocycles. The van der Waals surface area contributed by atoms with Crippen molar-refractivity contribution in [2.75, 3.05) is 26.7 Å². The number of thiophene rings is 1. The number of nitrogens with zero attached hydrogens (tertiary/aromatic N) is 1. The van der Waals surface area contributed by atoms with Crippen molar-refractivity contribution in [2.45, 2.75) is 25.8 Å². The smallest absolute Gasteiger partial charge is 0.107 e. The molecule has 0 saturated carbocycles. The van der Waals surface area contributed by atoms with Gasteiger partial charge in [0.15, 0.2) is 0 Å². The summed E-state index contributed by atoms with van der Waals surface area (Å²) in [5.74, 6) is 0.910. The lowest BCUT2D eigenvalue weighted by Crippen LogP contribution is -2.33. The standard InChI is InChI=1S/C13H20BrClN2S/c1-16-5-2-10-3-6-17(7-4-10)9-11-8-12(14)13(15)18-11/h8,10,16H,2-7,9H2,1H3. The van der Waals surface area contributed by atoms with E-state index in [4.69, 9.17) is 11.6 Å². The van der Waals surface area contributed by atoms with Crippen LogP contribution in [0.2, 0.25) is 4.34 Å². The van der Waals surface area contributed by atoms with Crippen LogP contribution in [0.15, 0.2) is 10.5 Å². The van der Waals surface area contributed by atoms with Gasteiger partial charge in [0.25, 0.3) is 0 Å². The van der Waals surface area contributed by atoms with E-state index in [2.05, 4.69) is 32.2 Å². The second-order valence-electron chi connectivity index (χ2n) is 4.95. The van der Waals surface area contributed by atoms with E-state index in [1.54, 1.807) is 11.3 Å². The predicted molar refractivity (Wildman–Crippen MR) is 83.6 cm³/mol. The highest BCUT2D eigenvalue weighted by Crippen LogP contribution is 2.33. The highest BCUT2D eigenvalue weighted by molar-refractivity contribution is 9.10. The van der Waals surface area contributed by atoms with Crippen molar-refractivity contribution < 1.29 is 0 Å². The van der Waals surface area contributed by atoms with Crippen LogP contribution in [0, 0.1) is 5.92 Å². The van der Waals surface area contributed by atoms with Crippen molar-refractivity contribution in [3.8, 4) is 0 Å². The maximum absolute atomic E-state index is 6.07. The van der Waals surface area contributed by atoms with Crippen LogP contribution in [0.3, 0.4) is 0 Å². The first-order chi connectivity index (χ1) is 8.69. The molecule has 1 aromatic heterocycles. The fraction of sp³-hybridized carbons (Fsp3) is 0.692. The minimum atomic E-state index is 0.869. The van der Waals surface area contributed by atoms with Gasteiger partial charge in [-0.3, -0.25) is 4.90 Å². The van der Waals surface area contributed by atoms with Gasteiger partial charge in [0.1, 0.15) is 4.34 Å². The molecule has 102 valence electrons. The summed E-state index contributed by atoms with van der Waals surface area (Å²) in [4.78, 5) is 3.91. The zero-order valence-corrected chi connectivity index (χ0v) is 13.9. The Morgan fingerprint density at radius 1 is 1.50 bits per heavy atom. The lowest BCUT2D eigenvalue weighted by molar-refractivity contribution is 0.173. The van der Waals surface area contributed by atoms with Crippen molar-refractivity contribution in [3.63, 3.8) is 0 Å². The normalized spacial score (nSPS) is 18.4. The summed E-state index contributed by atoms with van der Waals surface area (Å²) in [5, 5.41) is 3.24. The molecule has 1 aromatic rings. The van der Waals surface area contributed by atoms with E-state index in [1.807, 2.05) is 7.05 Å². The molecular formula is C13H20BrClN2S. The van der Waals surface area contributed by atoms with E-state index < -0.39 is 0 Å². The van der Waals surface area contributed by atoms with Crippen molar-refractivity contribution in [1.82, 2.24) is 10.2 Å². The van der Waals surface area contributed by atoms with Gasteiger partial charge in [-0.1, -0.05) is 11.6 Å². The molecule has 0 aromatic carbocycles. The number of nitrogens with one attached hydrogen (secondary N) is 1. The summed E-state index contributed by atoms with van der Waals surface area (Å²) < 4.78 is 1.90. The van der Waals surface area contributed by atoms with E-state index in [9.17, 15) is 0 Å². The third-order valence-corrected chi connectivity index (χ3v) is 6.04. The maximum Gasteiger partial charge on any atom is 0.107 e. The molecule has 5 heteroatoms. The first kappa shape index (κ1) is 14.8. The molecule has 1 aliphatic rings. The van der Waals surface area contributed by atoms with Crippen LogP contribution in [-0.4, -0.2) is 31.6 Å². The zero-order valence-electron chi connectivity index (χ0n) is 10.7. The van der Waals surface area contributed by atoms with E-state index in [1.165, 1.54) is 37.2 Å². The Hall–Kier alpha value is 0.390. The van der Waals surface area contributed by atoms with Gasteiger partial charge in [-0.15, -0.1) is 11.3 Å². The number of hydrogen-bond acceptors (Lipinski definition) is 3. The molecule has 1 N–H and O–H groups in total. The third-order valence-electron chi connectivity index (χ3n) is 3.59. The Kier molecular flexibility index (Phi) is 5.96. The summed E-state index contributed by atoms with van der Waals surface area (Å²) in [6.45, 7) is 4.65. The summed E-state index contributed by atoms with van der Waals surface area (Å²) in [6.07, 6.45) is 3.99. The van der Waals surface area contributed by atoms with Crippen LogP contribution < -0.4 is 5.32 Å². The zero-order chi connectivity index (χ0) is 13.0. The molecule has 0 amide bonds. The van der Waals surface area contributed by atoms with Crippen molar-refractivity contribution in [2.24, 2.45) is 5.92 Å². The monoisotopic (exact) mass is 350 g/mol. The van der Waals surface area contributed by atoms with Crippen LogP contribution in [-0.2, 0) is 6.54 Å². The quantitative estimate of drug-likeness (QED) is 0.863. The van der Waals surface area contributed by atoms with Crippen molar-refractivity contribution in [1.29, 1.82) is 0 Å². The average Bonchev–Trinajstić information content (AvgIpc) is 2.67. The molecule has 1 fully saturated rings. The molecule has 2 heterocycles. The fourth-order valence-electron chi connectivity index (χ4n) is 2.47. The molecule has 0 unspecified atom stereocenters. The second-order valence-corrected chi connectivity index (χ2v) is 7.54. The summed E-state index contributed by atoms with van der Waals surface area (Å²) in [6, 6.07) is 2.15. The average molecular weight is 352 g/mol. The molecule has 0 aliphatic carbocycles. The lowest BCUT2D eigenvalue weighted by atomic mass is 9.93. The molecule has 1 aliphatic heterocycles. The third kappa shape index (κ3) is 4.20. The molecule has 0 spiro atoms. The van der Waals surface area contributed by atoms with Crippen molar-refractivity contribution >= 4 is 38.9 Å². The van der Waals surface area contributed by atoms with Gasteiger partial charge in [-0.25, -0.2) is 0 Å². The maximum atomic E-state index is 6.07. The van der Waals surface area contributed by atoms with Gasteiger partial charge in [0.05, 0.1) is 0 Å². The number of rotatable bonds is 5. The highest BCUT2D eigenvalue weighted by atomic mass is 79.9. The summed E-state index contributed by atoms with van der Waals surface area (Å²) in [7, 11) is 2.04. The Labute approximate surface area is 127 Å². The van der Waals surface area contributed by atoms with Crippen LogP contribution in [0.1, 0.15) is 24.1 Å². The van der Waals surface area contributed by atoms with Gasteiger partial charge in [-0.05, 0) is 73.9 Å². The van der Waals surface area contributed by atoms with Crippen LogP contribution in [0.4, 0.5) is 0 Å². The molecule has 0 bridgehead atoms. The summed E-state index contributed by atoms with van der Waals surface area (Å²) >= 11 is 11.2. The van der Waals surface area contributed by atoms with Gasteiger partial charge < -0.3 is 5.32 Å². The molecule has 2 rings (SSSR count).